The van der Waals surface area contributed by atoms with Crippen LogP contribution < -0.4 is 11.1 Å². The predicted octanol–water partition coefficient (Wildman–Crippen LogP) is 3.56. The van der Waals surface area contributed by atoms with Gasteiger partial charge < -0.3 is 16.0 Å². The Labute approximate surface area is 204 Å². The van der Waals surface area contributed by atoms with Gasteiger partial charge in [-0.15, -0.1) is 0 Å². The summed E-state index contributed by atoms with van der Waals surface area (Å²) in [6, 6.07) is 23.9. The molecule has 0 aliphatic carbocycles. The number of likely N-dealkylation sites (tertiary alicyclic amines) is 1. The van der Waals surface area contributed by atoms with E-state index in [2.05, 4.69) is 5.32 Å². The predicted molar refractivity (Wildman–Crippen MR) is 134 cm³/mol. The van der Waals surface area contributed by atoms with Gasteiger partial charge >= 0.3 is 0 Å². The van der Waals surface area contributed by atoms with Gasteiger partial charge in [0.25, 0.3) is 5.91 Å². The average molecular weight is 469 g/mol. The third-order valence-corrected chi connectivity index (χ3v) is 6.33. The van der Waals surface area contributed by atoms with E-state index in [-0.39, 0.29) is 23.4 Å². The van der Waals surface area contributed by atoms with Crippen LogP contribution in [0.2, 0.25) is 0 Å². The number of nitrogen functional groups attached to an aromatic ring is 1. The fourth-order valence-electron chi connectivity index (χ4n) is 4.36. The van der Waals surface area contributed by atoms with E-state index in [0.717, 1.165) is 0 Å². The zero-order chi connectivity index (χ0) is 24.8. The Morgan fingerprint density at radius 1 is 0.829 bits per heavy atom. The lowest BCUT2D eigenvalue weighted by atomic mass is 9.88. The molecule has 3 aromatic carbocycles. The average Bonchev–Trinajstić information content (AvgIpc) is 2.92. The molecule has 1 unspecified atom stereocenters. The third kappa shape index (κ3) is 5.63. The third-order valence-electron chi connectivity index (χ3n) is 6.33. The Balaban J connectivity index is 1.48. The first-order valence-corrected chi connectivity index (χ1v) is 11.6. The van der Waals surface area contributed by atoms with Crippen molar-refractivity contribution in [3.05, 3.63) is 107 Å². The van der Waals surface area contributed by atoms with Crippen LogP contribution in [0.25, 0.3) is 0 Å². The van der Waals surface area contributed by atoms with Gasteiger partial charge in [0.15, 0.2) is 5.78 Å². The van der Waals surface area contributed by atoms with E-state index in [1.54, 1.807) is 35.2 Å². The van der Waals surface area contributed by atoms with Crippen molar-refractivity contribution in [2.75, 3.05) is 13.1 Å². The number of amidine groups is 1. The molecule has 2 amide bonds. The molecular formula is C28H28N4O3. The largest absolute Gasteiger partial charge is 0.384 e. The minimum atomic E-state index is -0.869. The van der Waals surface area contributed by atoms with E-state index in [1.807, 2.05) is 48.5 Å². The molecule has 0 spiro atoms. The Bertz CT molecular complexity index is 1220. The molecular weight excluding hydrogens is 440 g/mol. The van der Waals surface area contributed by atoms with E-state index in [4.69, 9.17) is 11.1 Å². The summed E-state index contributed by atoms with van der Waals surface area (Å²) in [6.07, 6.45) is 1.16. The number of Topliss-reactive ketones (excluding diaryl/α,β-unsaturated/α-hetero) is 1. The lowest BCUT2D eigenvalue weighted by molar-refractivity contribution is -0.134. The van der Waals surface area contributed by atoms with Crippen LogP contribution in [0, 0.1) is 11.3 Å². The highest BCUT2D eigenvalue weighted by Crippen LogP contribution is 2.25. The van der Waals surface area contributed by atoms with Gasteiger partial charge in [-0.1, -0.05) is 72.8 Å². The number of piperidine rings is 1. The van der Waals surface area contributed by atoms with Gasteiger partial charge in [-0.3, -0.25) is 19.8 Å². The molecule has 1 heterocycles. The SMILES string of the molecule is N=C(N)c1cccc(C(=O)NC(C(=O)N2CCC(C(=O)c3ccccc3)CC2)c2ccccc2)c1. The quantitative estimate of drug-likeness (QED) is 0.279. The Kier molecular flexibility index (Phi) is 7.35. The van der Waals surface area contributed by atoms with E-state index < -0.39 is 11.9 Å². The van der Waals surface area contributed by atoms with Crippen LogP contribution >= 0.6 is 0 Å². The summed E-state index contributed by atoms with van der Waals surface area (Å²) in [5.74, 6) is -0.790. The van der Waals surface area contributed by atoms with Gasteiger partial charge in [0, 0.05) is 35.7 Å². The van der Waals surface area contributed by atoms with Gasteiger partial charge in [0.1, 0.15) is 11.9 Å². The summed E-state index contributed by atoms with van der Waals surface area (Å²) in [5, 5.41) is 10.5. The summed E-state index contributed by atoms with van der Waals surface area (Å²) >= 11 is 0. The number of carbonyl (C=O) groups excluding carboxylic acids is 3. The van der Waals surface area contributed by atoms with Crippen LogP contribution in [0.1, 0.15) is 50.7 Å². The molecule has 1 aliphatic rings. The molecule has 1 fully saturated rings. The minimum absolute atomic E-state index is 0.107. The highest BCUT2D eigenvalue weighted by atomic mass is 16.2. The van der Waals surface area contributed by atoms with Crippen molar-refractivity contribution in [1.82, 2.24) is 10.2 Å². The fourth-order valence-corrected chi connectivity index (χ4v) is 4.36. The molecule has 1 atom stereocenters. The van der Waals surface area contributed by atoms with Crippen LogP contribution in [0.3, 0.4) is 0 Å². The van der Waals surface area contributed by atoms with Gasteiger partial charge in [-0.25, -0.2) is 0 Å². The van der Waals surface area contributed by atoms with Gasteiger partial charge in [-0.05, 0) is 30.5 Å². The van der Waals surface area contributed by atoms with E-state index in [0.29, 0.717) is 48.2 Å². The van der Waals surface area contributed by atoms with Crippen molar-refractivity contribution >= 4 is 23.4 Å². The minimum Gasteiger partial charge on any atom is -0.384 e. The van der Waals surface area contributed by atoms with Crippen molar-refractivity contribution in [3.8, 4) is 0 Å². The van der Waals surface area contributed by atoms with Crippen LogP contribution in [0.15, 0.2) is 84.9 Å². The first kappa shape index (κ1) is 23.9. The number of benzene rings is 3. The normalized spacial score (nSPS) is 14.7. The second kappa shape index (κ2) is 10.8. The maximum absolute atomic E-state index is 13.6. The monoisotopic (exact) mass is 468 g/mol. The van der Waals surface area contributed by atoms with Crippen LogP contribution in [-0.4, -0.2) is 41.4 Å². The maximum atomic E-state index is 13.6. The van der Waals surface area contributed by atoms with E-state index in [9.17, 15) is 14.4 Å². The molecule has 1 aliphatic heterocycles. The summed E-state index contributed by atoms with van der Waals surface area (Å²) in [6.45, 7) is 0.891. The van der Waals surface area contributed by atoms with E-state index in [1.165, 1.54) is 6.07 Å². The highest BCUT2D eigenvalue weighted by molar-refractivity contribution is 6.01. The zero-order valence-corrected chi connectivity index (χ0v) is 19.3. The van der Waals surface area contributed by atoms with Crippen LogP contribution in [0.5, 0.6) is 0 Å². The smallest absolute Gasteiger partial charge is 0.252 e. The molecule has 7 nitrogen and oxygen atoms in total. The maximum Gasteiger partial charge on any atom is 0.252 e. The van der Waals surface area contributed by atoms with Crippen molar-refractivity contribution in [2.24, 2.45) is 11.7 Å². The molecule has 7 heteroatoms. The lowest BCUT2D eigenvalue weighted by Gasteiger charge is -2.34. The molecule has 0 aromatic heterocycles. The van der Waals surface area contributed by atoms with Crippen molar-refractivity contribution in [1.29, 1.82) is 5.41 Å². The molecule has 178 valence electrons. The highest BCUT2D eigenvalue weighted by Gasteiger charge is 2.32. The number of carbonyl (C=O) groups is 3. The number of rotatable bonds is 7. The van der Waals surface area contributed by atoms with Crippen molar-refractivity contribution < 1.29 is 14.4 Å². The second-order valence-electron chi connectivity index (χ2n) is 8.64. The number of nitrogens with one attached hydrogen (secondary N) is 2. The summed E-state index contributed by atoms with van der Waals surface area (Å²) in [7, 11) is 0. The summed E-state index contributed by atoms with van der Waals surface area (Å²) in [5.41, 5.74) is 7.68. The van der Waals surface area contributed by atoms with Gasteiger partial charge in [0.05, 0.1) is 0 Å². The van der Waals surface area contributed by atoms with Crippen LogP contribution in [0.4, 0.5) is 0 Å². The van der Waals surface area contributed by atoms with Gasteiger partial charge in [-0.2, -0.15) is 0 Å². The lowest BCUT2D eigenvalue weighted by Crippen LogP contribution is -2.46. The first-order chi connectivity index (χ1) is 16.9. The fraction of sp³-hybridized carbons (Fsp3) is 0.214. The zero-order valence-electron chi connectivity index (χ0n) is 19.3. The molecule has 1 saturated heterocycles. The second-order valence-corrected chi connectivity index (χ2v) is 8.64. The standard InChI is InChI=1S/C28H28N4O3/c29-26(30)22-12-7-13-23(18-22)27(34)31-24(19-8-3-1-4-9-19)28(35)32-16-14-21(15-17-32)25(33)20-10-5-2-6-11-20/h1-13,18,21,24H,14-17H2,(H3,29,30)(H,31,34). The molecule has 0 bridgehead atoms. The molecule has 4 rings (SSSR count). The summed E-state index contributed by atoms with van der Waals surface area (Å²) in [4.78, 5) is 41.2. The number of amides is 2. The van der Waals surface area contributed by atoms with Crippen LogP contribution in [-0.2, 0) is 4.79 Å². The molecule has 35 heavy (non-hydrogen) atoms. The Morgan fingerprint density at radius 3 is 2.03 bits per heavy atom. The van der Waals surface area contributed by atoms with Crippen molar-refractivity contribution in [2.45, 2.75) is 18.9 Å². The Morgan fingerprint density at radius 2 is 1.40 bits per heavy atom. The molecule has 4 N–H and O–H groups in total. The number of nitrogens with two attached hydrogens (primary N) is 1. The molecule has 0 radical (unpaired) electrons. The first-order valence-electron chi connectivity index (χ1n) is 11.6. The van der Waals surface area contributed by atoms with Crippen molar-refractivity contribution in [3.63, 3.8) is 0 Å². The number of nitrogens with zero attached hydrogens (tertiary/aromatic N) is 1. The Hall–Kier alpha value is -4.26. The molecule has 3 aromatic rings. The summed E-state index contributed by atoms with van der Waals surface area (Å²) < 4.78 is 0. The number of hydrogen-bond donors (Lipinski definition) is 3. The topological polar surface area (TPSA) is 116 Å². The molecule has 0 saturated carbocycles. The van der Waals surface area contributed by atoms with E-state index >= 15 is 0 Å². The number of ketones is 1. The number of hydrogen-bond acceptors (Lipinski definition) is 4. The van der Waals surface area contributed by atoms with Gasteiger partial charge in [0.2, 0.25) is 5.91 Å².